The second-order valence-corrected chi connectivity index (χ2v) is 6.15. The summed E-state index contributed by atoms with van der Waals surface area (Å²) >= 11 is 0. The zero-order valence-electron chi connectivity index (χ0n) is 12.4. The Morgan fingerprint density at radius 1 is 1.20 bits per heavy atom. The molecule has 1 heterocycles. The van der Waals surface area contributed by atoms with Crippen molar-refractivity contribution in [3.8, 4) is 0 Å². The number of aliphatic carboxylic acids is 1. The van der Waals surface area contributed by atoms with Crippen LogP contribution in [0.2, 0.25) is 0 Å². The minimum absolute atomic E-state index is 0.131. The highest BCUT2D eigenvalue weighted by Gasteiger charge is 2.32. The molecule has 1 N–H and O–H groups in total. The normalized spacial score (nSPS) is 20.7. The Bertz CT molecular complexity index is 363. The number of carbonyl (C=O) groups is 2. The summed E-state index contributed by atoms with van der Waals surface area (Å²) in [5, 5.41) is 8.97. The number of urea groups is 1. The number of rotatable bonds is 5. The largest absolute Gasteiger partial charge is 0.480 e. The first-order chi connectivity index (χ1) is 9.47. The summed E-state index contributed by atoms with van der Waals surface area (Å²) in [5.41, 5.74) is 0. The third-order valence-corrected chi connectivity index (χ3v) is 4.31. The topological polar surface area (TPSA) is 64.1 Å². The number of carboxylic acids is 1. The fourth-order valence-electron chi connectivity index (χ4n) is 2.75. The zero-order chi connectivity index (χ0) is 14.7. The molecule has 2 amide bonds. The lowest BCUT2D eigenvalue weighted by Crippen LogP contribution is -2.51. The van der Waals surface area contributed by atoms with Crippen molar-refractivity contribution >= 4 is 12.0 Å². The number of hydrogen-bond acceptors (Lipinski definition) is 3. The van der Waals surface area contributed by atoms with Crippen LogP contribution in [0.25, 0.3) is 0 Å². The van der Waals surface area contributed by atoms with Crippen LogP contribution in [0, 0.1) is 5.92 Å². The lowest BCUT2D eigenvalue weighted by molar-refractivity contribution is -0.137. The van der Waals surface area contributed by atoms with E-state index in [2.05, 4.69) is 11.9 Å². The van der Waals surface area contributed by atoms with Gasteiger partial charge >= 0.3 is 12.0 Å². The minimum Gasteiger partial charge on any atom is -0.480 e. The first-order valence-electron chi connectivity index (χ1n) is 7.39. The monoisotopic (exact) mass is 283 g/mol. The molecule has 1 aliphatic heterocycles. The van der Waals surface area contributed by atoms with Gasteiger partial charge in [0.2, 0.25) is 0 Å². The van der Waals surface area contributed by atoms with Crippen LogP contribution in [0.4, 0.5) is 4.79 Å². The SMILES string of the molecule is CN1CCC(N(C)C(=O)N(CC(=O)O)CC2CC2)CC1. The molecule has 1 saturated carbocycles. The molecule has 114 valence electrons. The summed E-state index contributed by atoms with van der Waals surface area (Å²) in [5.74, 6) is -0.431. The summed E-state index contributed by atoms with van der Waals surface area (Å²) < 4.78 is 0. The van der Waals surface area contributed by atoms with E-state index in [1.807, 2.05) is 0 Å². The molecule has 2 rings (SSSR count). The van der Waals surface area contributed by atoms with Gasteiger partial charge in [0.05, 0.1) is 0 Å². The molecule has 1 saturated heterocycles. The average Bonchev–Trinajstić information content (AvgIpc) is 3.20. The molecule has 0 atom stereocenters. The first kappa shape index (κ1) is 15.1. The van der Waals surface area contributed by atoms with E-state index in [-0.39, 0.29) is 18.6 Å². The number of nitrogens with zero attached hydrogens (tertiary/aromatic N) is 3. The molecule has 0 radical (unpaired) electrons. The van der Waals surface area contributed by atoms with Crippen LogP contribution in [0.1, 0.15) is 25.7 Å². The van der Waals surface area contributed by atoms with Gasteiger partial charge in [-0.25, -0.2) is 4.79 Å². The molecule has 20 heavy (non-hydrogen) atoms. The van der Waals surface area contributed by atoms with Gasteiger partial charge in [0.25, 0.3) is 0 Å². The fraction of sp³-hybridized carbons (Fsp3) is 0.857. The number of likely N-dealkylation sites (tertiary alicyclic amines) is 1. The number of carboxylic acid groups (broad SMARTS) is 1. The number of hydrogen-bond donors (Lipinski definition) is 1. The maximum absolute atomic E-state index is 12.5. The van der Waals surface area contributed by atoms with E-state index in [0.717, 1.165) is 38.8 Å². The van der Waals surface area contributed by atoms with E-state index in [9.17, 15) is 9.59 Å². The van der Waals surface area contributed by atoms with Crippen molar-refractivity contribution in [3.63, 3.8) is 0 Å². The summed E-state index contributed by atoms with van der Waals surface area (Å²) in [6, 6.07) is 0.100. The molecular weight excluding hydrogens is 258 g/mol. The third kappa shape index (κ3) is 4.10. The highest BCUT2D eigenvalue weighted by atomic mass is 16.4. The van der Waals surface area contributed by atoms with Crippen molar-refractivity contribution in [2.24, 2.45) is 5.92 Å². The molecule has 6 nitrogen and oxygen atoms in total. The third-order valence-electron chi connectivity index (χ3n) is 4.31. The molecule has 0 spiro atoms. The van der Waals surface area contributed by atoms with Crippen molar-refractivity contribution in [1.82, 2.24) is 14.7 Å². The highest BCUT2D eigenvalue weighted by Crippen LogP contribution is 2.30. The summed E-state index contributed by atoms with van der Waals surface area (Å²) in [6.07, 6.45) is 4.15. The predicted molar refractivity (Wildman–Crippen MR) is 75.6 cm³/mol. The van der Waals surface area contributed by atoms with E-state index >= 15 is 0 Å². The van der Waals surface area contributed by atoms with Crippen molar-refractivity contribution in [3.05, 3.63) is 0 Å². The molecule has 2 aliphatic rings. The van der Waals surface area contributed by atoms with E-state index in [1.54, 1.807) is 11.9 Å². The molecule has 0 aromatic carbocycles. The molecule has 1 aliphatic carbocycles. The average molecular weight is 283 g/mol. The standard InChI is InChI=1S/C14H25N3O3/c1-15-7-5-12(6-8-15)16(2)14(20)17(10-13(18)19)9-11-3-4-11/h11-12H,3-10H2,1-2H3,(H,18,19). The molecule has 2 fully saturated rings. The van der Waals surface area contributed by atoms with Gasteiger partial charge in [0.15, 0.2) is 0 Å². The van der Waals surface area contributed by atoms with Crippen molar-refractivity contribution in [2.75, 3.05) is 40.3 Å². The summed E-state index contributed by atoms with van der Waals surface area (Å²) in [6.45, 7) is 2.38. The Labute approximate surface area is 120 Å². The smallest absolute Gasteiger partial charge is 0.323 e. The molecule has 0 bridgehead atoms. The lowest BCUT2D eigenvalue weighted by Gasteiger charge is -2.37. The van der Waals surface area contributed by atoms with Gasteiger partial charge in [-0.1, -0.05) is 0 Å². The van der Waals surface area contributed by atoms with Gasteiger partial charge < -0.3 is 19.8 Å². The van der Waals surface area contributed by atoms with E-state index in [1.165, 1.54) is 4.90 Å². The molecule has 0 unspecified atom stereocenters. The van der Waals surface area contributed by atoms with Gasteiger partial charge in [-0.15, -0.1) is 0 Å². The van der Waals surface area contributed by atoms with Crippen LogP contribution < -0.4 is 0 Å². The van der Waals surface area contributed by atoms with Crippen LogP contribution in [-0.2, 0) is 4.79 Å². The molecular formula is C14H25N3O3. The van der Waals surface area contributed by atoms with Crippen LogP contribution in [-0.4, -0.2) is 78.1 Å². The van der Waals surface area contributed by atoms with Gasteiger partial charge in [0, 0.05) is 19.6 Å². The summed E-state index contributed by atoms with van der Waals surface area (Å²) in [4.78, 5) is 28.9. The Kier molecular flexibility index (Phi) is 4.86. The quantitative estimate of drug-likeness (QED) is 0.815. The van der Waals surface area contributed by atoms with Crippen LogP contribution in [0.3, 0.4) is 0 Å². The Hall–Kier alpha value is -1.30. The number of amides is 2. The van der Waals surface area contributed by atoms with Gasteiger partial charge in [-0.2, -0.15) is 0 Å². The highest BCUT2D eigenvalue weighted by molar-refractivity contribution is 5.80. The Morgan fingerprint density at radius 3 is 2.30 bits per heavy atom. The summed E-state index contributed by atoms with van der Waals surface area (Å²) in [7, 11) is 3.89. The number of carbonyl (C=O) groups excluding carboxylic acids is 1. The predicted octanol–water partition coefficient (Wildman–Crippen LogP) is 0.929. The second kappa shape index (κ2) is 6.43. The zero-order valence-corrected chi connectivity index (χ0v) is 12.4. The van der Waals surface area contributed by atoms with Crippen molar-refractivity contribution < 1.29 is 14.7 Å². The van der Waals surface area contributed by atoms with Gasteiger partial charge in [0.1, 0.15) is 6.54 Å². The maximum Gasteiger partial charge on any atom is 0.323 e. The van der Waals surface area contributed by atoms with E-state index < -0.39 is 5.97 Å². The van der Waals surface area contributed by atoms with Crippen molar-refractivity contribution in [1.29, 1.82) is 0 Å². The van der Waals surface area contributed by atoms with Crippen LogP contribution >= 0.6 is 0 Å². The minimum atomic E-state index is -0.934. The lowest BCUT2D eigenvalue weighted by atomic mass is 10.0. The molecule has 6 heteroatoms. The Morgan fingerprint density at radius 2 is 1.80 bits per heavy atom. The second-order valence-electron chi connectivity index (χ2n) is 6.15. The molecule has 0 aromatic heterocycles. The Balaban J connectivity index is 1.92. The van der Waals surface area contributed by atoms with Gasteiger partial charge in [-0.05, 0) is 51.7 Å². The maximum atomic E-state index is 12.5. The van der Waals surface area contributed by atoms with Crippen LogP contribution in [0.5, 0.6) is 0 Å². The number of piperidine rings is 1. The van der Waals surface area contributed by atoms with E-state index in [4.69, 9.17) is 5.11 Å². The van der Waals surface area contributed by atoms with E-state index in [0.29, 0.717) is 12.5 Å². The van der Waals surface area contributed by atoms with Crippen molar-refractivity contribution in [2.45, 2.75) is 31.7 Å². The van der Waals surface area contributed by atoms with Gasteiger partial charge in [-0.3, -0.25) is 4.79 Å². The fourth-order valence-corrected chi connectivity index (χ4v) is 2.75. The molecule has 0 aromatic rings. The van der Waals surface area contributed by atoms with Crippen LogP contribution in [0.15, 0.2) is 0 Å². The first-order valence-corrected chi connectivity index (χ1v) is 7.39.